The molecule has 0 amide bonds. The van der Waals surface area contributed by atoms with E-state index in [9.17, 15) is 0 Å². The van der Waals surface area contributed by atoms with Crippen LogP contribution in [-0.2, 0) is 0 Å². The van der Waals surface area contributed by atoms with Gasteiger partial charge in [0, 0.05) is 19.1 Å². The molecule has 4 rings (SSSR count). The average molecular weight is 319 g/mol. The van der Waals surface area contributed by atoms with Crippen molar-refractivity contribution in [1.82, 2.24) is 14.5 Å². The van der Waals surface area contributed by atoms with Crippen LogP contribution in [-0.4, -0.2) is 34.1 Å². The van der Waals surface area contributed by atoms with Crippen LogP contribution in [0.3, 0.4) is 0 Å². The Morgan fingerprint density at radius 3 is 2.75 bits per heavy atom. The Hall–Kier alpha value is -2.13. The van der Waals surface area contributed by atoms with E-state index in [0.717, 1.165) is 12.1 Å². The zero-order chi connectivity index (χ0) is 16.4. The Morgan fingerprint density at radius 1 is 1.08 bits per heavy atom. The molecule has 0 N–H and O–H groups in total. The molecule has 1 saturated heterocycles. The SMILES string of the molecule is C[C@@H](CN1CCC[C@@H](c2ccccc2)C1)n1cnc2ccccc21. The van der Waals surface area contributed by atoms with Crippen molar-refractivity contribution < 1.29 is 0 Å². The smallest absolute Gasteiger partial charge is 0.0961 e. The van der Waals surface area contributed by atoms with E-state index in [1.54, 1.807) is 0 Å². The van der Waals surface area contributed by atoms with E-state index in [0.29, 0.717) is 12.0 Å². The molecule has 0 radical (unpaired) electrons. The minimum absolute atomic E-state index is 0.437. The summed E-state index contributed by atoms with van der Waals surface area (Å²) in [7, 11) is 0. The maximum Gasteiger partial charge on any atom is 0.0961 e. The van der Waals surface area contributed by atoms with E-state index >= 15 is 0 Å². The normalized spacial score (nSPS) is 20.3. The Balaban J connectivity index is 1.46. The van der Waals surface area contributed by atoms with E-state index in [2.05, 4.69) is 76.0 Å². The molecule has 2 aromatic carbocycles. The number of hydrogen-bond donors (Lipinski definition) is 0. The van der Waals surface area contributed by atoms with Crippen LogP contribution >= 0.6 is 0 Å². The van der Waals surface area contributed by atoms with E-state index < -0.39 is 0 Å². The number of rotatable bonds is 4. The number of nitrogens with zero attached hydrogens (tertiary/aromatic N) is 3. The van der Waals surface area contributed by atoms with Crippen LogP contribution in [0.4, 0.5) is 0 Å². The van der Waals surface area contributed by atoms with Crippen LogP contribution in [0.1, 0.15) is 37.3 Å². The highest BCUT2D eigenvalue weighted by Gasteiger charge is 2.23. The number of hydrogen-bond acceptors (Lipinski definition) is 2. The average Bonchev–Trinajstić information content (AvgIpc) is 3.07. The molecule has 3 heteroatoms. The van der Waals surface area contributed by atoms with Crippen LogP contribution in [0.2, 0.25) is 0 Å². The molecule has 124 valence electrons. The molecule has 1 aliphatic rings. The first-order chi connectivity index (χ1) is 11.8. The fraction of sp³-hybridized carbons (Fsp3) is 0.381. The number of aromatic nitrogens is 2. The number of imidazole rings is 1. The van der Waals surface area contributed by atoms with Gasteiger partial charge in [0.1, 0.15) is 0 Å². The van der Waals surface area contributed by atoms with Crippen molar-refractivity contribution in [2.24, 2.45) is 0 Å². The number of fused-ring (bicyclic) bond motifs is 1. The van der Waals surface area contributed by atoms with E-state index in [-0.39, 0.29) is 0 Å². The summed E-state index contributed by atoms with van der Waals surface area (Å²) in [5.74, 6) is 0.673. The highest BCUT2D eigenvalue weighted by Crippen LogP contribution is 2.28. The number of piperidine rings is 1. The van der Waals surface area contributed by atoms with Gasteiger partial charge in [-0.25, -0.2) is 4.98 Å². The number of para-hydroxylation sites is 2. The second-order valence-electron chi connectivity index (χ2n) is 7.00. The van der Waals surface area contributed by atoms with Gasteiger partial charge in [0.05, 0.1) is 17.4 Å². The highest BCUT2D eigenvalue weighted by atomic mass is 15.2. The quantitative estimate of drug-likeness (QED) is 0.707. The molecule has 3 aromatic rings. The first-order valence-corrected chi connectivity index (χ1v) is 9.00. The monoisotopic (exact) mass is 319 g/mol. The summed E-state index contributed by atoms with van der Waals surface area (Å²) in [6.45, 7) is 5.77. The summed E-state index contributed by atoms with van der Waals surface area (Å²) in [5.41, 5.74) is 3.81. The molecule has 1 aromatic heterocycles. The molecule has 0 aliphatic carbocycles. The minimum Gasteiger partial charge on any atom is -0.326 e. The molecule has 24 heavy (non-hydrogen) atoms. The van der Waals surface area contributed by atoms with Gasteiger partial charge in [-0.3, -0.25) is 0 Å². The van der Waals surface area contributed by atoms with Gasteiger partial charge in [-0.15, -0.1) is 0 Å². The lowest BCUT2D eigenvalue weighted by atomic mass is 9.90. The Morgan fingerprint density at radius 2 is 1.88 bits per heavy atom. The minimum atomic E-state index is 0.437. The summed E-state index contributed by atoms with van der Waals surface area (Å²) < 4.78 is 2.32. The third-order valence-corrected chi connectivity index (χ3v) is 5.25. The molecule has 1 fully saturated rings. The predicted octanol–water partition coefficient (Wildman–Crippen LogP) is 4.48. The first-order valence-electron chi connectivity index (χ1n) is 9.00. The van der Waals surface area contributed by atoms with Crippen molar-refractivity contribution in [2.75, 3.05) is 19.6 Å². The number of benzene rings is 2. The molecule has 0 unspecified atom stereocenters. The van der Waals surface area contributed by atoms with Crippen molar-refractivity contribution in [3.8, 4) is 0 Å². The Labute approximate surface area is 143 Å². The Kier molecular flexibility index (Phi) is 4.35. The highest BCUT2D eigenvalue weighted by molar-refractivity contribution is 5.75. The molecular weight excluding hydrogens is 294 g/mol. The zero-order valence-corrected chi connectivity index (χ0v) is 14.3. The van der Waals surface area contributed by atoms with E-state index in [4.69, 9.17) is 0 Å². The van der Waals surface area contributed by atoms with Crippen LogP contribution in [0.25, 0.3) is 11.0 Å². The summed E-state index contributed by atoms with van der Waals surface area (Å²) in [6.07, 6.45) is 4.59. The van der Waals surface area contributed by atoms with Crippen molar-refractivity contribution in [2.45, 2.75) is 31.7 Å². The fourth-order valence-electron chi connectivity index (χ4n) is 4.01. The van der Waals surface area contributed by atoms with Crippen LogP contribution in [0.5, 0.6) is 0 Å². The van der Waals surface area contributed by atoms with Crippen molar-refractivity contribution in [1.29, 1.82) is 0 Å². The maximum atomic E-state index is 4.54. The van der Waals surface area contributed by atoms with Crippen molar-refractivity contribution >= 4 is 11.0 Å². The van der Waals surface area contributed by atoms with E-state index in [1.807, 2.05) is 6.33 Å². The van der Waals surface area contributed by atoms with Gasteiger partial charge < -0.3 is 9.47 Å². The lowest BCUT2D eigenvalue weighted by Gasteiger charge is -2.35. The second kappa shape index (κ2) is 6.78. The molecule has 2 atom stereocenters. The van der Waals surface area contributed by atoms with Gasteiger partial charge >= 0.3 is 0 Å². The molecule has 0 saturated carbocycles. The molecule has 0 spiro atoms. The lowest BCUT2D eigenvalue weighted by molar-refractivity contribution is 0.185. The summed E-state index contributed by atoms with van der Waals surface area (Å²) in [4.78, 5) is 7.17. The fourth-order valence-corrected chi connectivity index (χ4v) is 4.01. The van der Waals surface area contributed by atoms with Gasteiger partial charge in [0.15, 0.2) is 0 Å². The van der Waals surface area contributed by atoms with Crippen molar-refractivity contribution in [3.05, 3.63) is 66.5 Å². The third-order valence-electron chi connectivity index (χ3n) is 5.25. The summed E-state index contributed by atoms with van der Waals surface area (Å²) in [6, 6.07) is 19.8. The molecule has 0 bridgehead atoms. The maximum absolute atomic E-state index is 4.54. The Bertz CT molecular complexity index is 793. The van der Waals surface area contributed by atoms with Gasteiger partial charge in [0.2, 0.25) is 0 Å². The lowest BCUT2D eigenvalue weighted by Crippen LogP contribution is -2.37. The van der Waals surface area contributed by atoms with Crippen LogP contribution in [0.15, 0.2) is 60.9 Å². The summed E-state index contributed by atoms with van der Waals surface area (Å²) in [5, 5.41) is 0. The van der Waals surface area contributed by atoms with Gasteiger partial charge in [-0.2, -0.15) is 0 Å². The zero-order valence-electron chi connectivity index (χ0n) is 14.3. The number of likely N-dealkylation sites (tertiary alicyclic amines) is 1. The van der Waals surface area contributed by atoms with Crippen LogP contribution < -0.4 is 0 Å². The first kappa shape index (κ1) is 15.4. The van der Waals surface area contributed by atoms with Crippen molar-refractivity contribution in [3.63, 3.8) is 0 Å². The molecule has 3 nitrogen and oxygen atoms in total. The largest absolute Gasteiger partial charge is 0.326 e. The molecular formula is C21H25N3. The predicted molar refractivity (Wildman–Crippen MR) is 99.3 cm³/mol. The molecule has 2 heterocycles. The van der Waals surface area contributed by atoms with Crippen LogP contribution in [0, 0.1) is 0 Å². The third kappa shape index (κ3) is 3.09. The molecule has 1 aliphatic heterocycles. The van der Waals surface area contributed by atoms with Gasteiger partial charge in [-0.1, -0.05) is 42.5 Å². The van der Waals surface area contributed by atoms with E-state index in [1.165, 1.54) is 37.0 Å². The topological polar surface area (TPSA) is 21.1 Å². The summed E-state index contributed by atoms with van der Waals surface area (Å²) >= 11 is 0. The standard InChI is InChI=1S/C21H25N3/c1-17(24-16-22-20-11-5-6-12-21(20)24)14-23-13-7-10-19(15-23)18-8-3-2-4-9-18/h2-6,8-9,11-12,16-17,19H,7,10,13-15H2,1H3/t17-,19+/m0/s1. The second-order valence-corrected chi connectivity index (χ2v) is 7.00. The van der Waals surface area contributed by atoms with Gasteiger partial charge in [-0.05, 0) is 49.9 Å². The van der Waals surface area contributed by atoms with Gasteiger partial charge in [0.25, 0.3) is 0 Å².